The number of rotatable bonds is 8. The van der Waals surface area contributed by atoms with Crippen LogP contribution < -0.4 is 15.5 Å². The van der Waals surface area contributed by atoms with Gasteiger partial charge in [0, 0.05) is 12.2 Å². The molecule has 0 heterocycles. The number of benzene rings is 1. The fourth-order valence-corrected chi connectivity index (χ4v) is 2.03. The van der Waals surface area contributed by atoms with E-state index in [0.29, 0.717) is 31.7 Å². The van der Waals surface area contributed by atoms with Crippen LogP contribution in [0.5, 0.6) is 0 Å². The number of nitriles is 1. The number of hydrogen-bond donors (Lipinski definition) is 3. The first-order chi connectivity index (χ1) is 10.6. The Hall–Kier alpha value is -2.39. The molecule has 0 radical (unpaired) electrons. The standard InChI is InChI=1S/C16H22N4O2/c1-3-18-15(21)11-20(4-2)12-16(22)19-14-7-5-13(6-8-14)9-10-17/h5-8H,3-4,9,11-12H2,1-2H3,(H,18,21)(H,19,22)/p+1. The van der Waals surface area contributed by atoms with Crippen molar-refractivity contribution in [2.75, 3.05) is 31.5 Å². The molecule has 0 aromatic heterocycles. The van der Waals surface area contributed by atoms with E-state index in [1.807, 2.05) is 26.0 Å². The lowest BCUT2D eigenvalue weighted by Gasteiger charge is -2.16. The van der Waals surface area contributed by atoms with Crippen molar-refractivity contribution in [1.82, 2.24) is 5.32 Å². The molecule has 1 unspecified atom stereocenters. The molecule has 1 aromatic rings. The Labute approximate surface area is 131 Å². The lowest BCUT2D eigenvalue weighted by molar-refractivity contribution is -0.881. The van der Waals surface area contributed by atoms with Gasteiger partial charge >= 0.3 is 0 Å². The van der Waals surface area contributed by atoms with Crippen LogP contribution in [0.15, 0.2) is 24.3 Å². The topological polar surface area (TPSA) is 86.4 Å². The summed E-state index contributed by atoms with van der Waals surface area (Å²) in [6.45, 7) is 5.64. The summed E-state index contributed by atoms with van der Waals surface area (Å²) in [5.41, 5.74) is 1.61. The summed E-state index contributed by atoms with van der Waals surface area (Å²) in [6.07, 6.45) is 0.356. The number of nitrogens with zero attached hydrogens (tertiary/aromatic N) is 1. The normalized spacial score (nSPS) is 11.3. The molecule has 0 saturated carbocycles. The van der Waals surface area contributed by atoms with Crippen LogP contribution in [0, 0.1) is 11.3 Å². The van der Waals surface area contributed by atoms with Gasteiger partial charge in [0.1, 0.15) is 0 Å². The van der Waals surface area contributed by atoms with Crippen molar-refractivity contribution in [1.29, 1.82) is 5.26 Å². The summed E-state index contributed by atoms with van der Waals surface area (Å²) in [4.78, 5) is 24.5. The molecule has 0 aliphatic carbocycles. The smallest absolute Gasteiger partial charge is 0.279 e. The van der Waals surface area contributed by atoms with E-state index in [4.69, 9.17) is 5.26 Å². The maximum absolute atomic E-state index is 12.0. The number of carbonyl (C=O) groups is 2. The summed E-state index contributed by atoms with van der Waals surface area (Å²) < 4.78 is 0. The lowest BCUT2D eigenvalue weighted by atomic mass is 10.1. The van der Waals surface area contributed by atoms with Crippen molar-refractivity contribution in [3.05, 3.63) is 29.8 Å². The molecular weight excluding hydrogens is 280 g/mol. The first kappa shape index (κ1) is 17.7. The van der Waals surface area contributed by atoms with Crippen LogP contribution in [0.1, 0.15) is 19.4 Å². The fourth-order valence-electron chi connectivity index (χ4n) is 2.03. The minimum atomic E-state index is -0.130. The van der Waals surface area contributed by atoms with Crippen LogP contribution in [-0.2, 0) is 16.0 Å². The number of carbonyl (C=O) groups excluding carboxylic acids is 2. The van der Waals surface area contributed by atoms with Gasteiger partial charge in [-0.25, -0.2) is 0 Å². The monoisotopic (exact) mass is 303 g/mol. The molecule has 3 N–H and O–H groups in total. The summed E-state index contributed by atoms with van der Waals surface area (Å²) in [7, 11) is 0. The molecule has 0 spiro atoms. The van der Waals surface area contributed by atoms with Gasteiger partial charge in [-0.05, 0) is 31.5 Å². The number of nitrogens with one attached hydrogen (secondary N) is 3. The minimum absolute atomic E-state index is 0.0481. The van der Waals surface area contributed by atoms with Gasteiger partial charge in [-0.2, -0.15) is 5.26 Å². The molecule has 118 valence electrons. The second kappa shape index (κ2) is 9.53. The van der Waals surface area contributed by atoms with E-state index in [0.717, 1.165) is 10.5 Å². The molecular formula is C16H23N4O2+. The molecule has 0 aliphatic rings. The Morgan fingerprint density at radius 2 is 1.77 bits per heavy atom. The second-order valence-corrected chi connectivity index (χ2v) is 4.99. The first-order valence-electron chi connectivity index (χ1n) is 7.45. The van der Waals surface area contributed by atoms with Gasteiger partial charge in [-0.15, -0.1) is 0 Å². The van der Waals surface area contributed by atoms with Crippen molar-refractivity contribution in [3.8, 4) is 6.07 Å². The van der Waals surface area contributed by atoms with E-state index in [2.05, 4.69) is 16.7 Å². The van der Waals surface area contributed by atoms with Crippen molar-refractivity contribution in [2.45, 2.75) is 20.3 Å². The minimum Gasteiger partial charge on any atom is -0.351 e. The summed E-state index contributed by atoms with van der Waals surface area (Å²) in [5, 5.41) is 14.2. The molecule has 0 saturated heterocycles. The molecule has 6 heteroatoms. The summed E-state index contributed by atoms with van der Waals surface area (Å²) in [6, 6.07) is 9.27. The van der Waals surface area contributed by atoms with Gasteiger partial charge in [0.05, 0.1) is 19.0 Å². The molecule has 2 amide bonds. The van der Waals surface area contributed by atoms with E-state index >= 15 is 0 Å². The van der Waals surface area contributed by atoms with E-state index in [-0.39, 0.29) is 18.4 Å². The summed E-state index contributed by atoms with van der Waals surface area (Å²) >= 11 is 0. The molecule has 0 aliphatic heterocycles. The predicted octanol–water partition coefficient (Wildman–Crippen LogP) is -0.268. The van der Waals surface area contributed by atoms with E-state index < -0.39 is 0 Å². The molecule has 0 fully saturated rings. The van der Waals surface area contributed by atoms with E-state index in [1.165, 1.54) is 0 Å². The second-order valence-electron chi connectivity index (χ2n) is 4.99. The Morgan fingerprint density at radius 3 is 2.32 bits per heavy atom. The highest BCUT2D eigenvalue weighted by Gasteiger charge is 2.16. The third kappa shape index (κ3) is 6.37. The number of hydrogen-bond acceptors (Lipinski definition) is 3. The molecule has 1 atom stereocenters. The van der Waals surface area contributed by atoms with Gasteiger partial charge < -0.3 is 15.5 Å². The Bertz CT molecular complexity index is 534. The van der Waals surface area contributed by atoms with Crippen LogP contribution in [0.25, 0.3) is 0 Å². The third-order valence-corrected chi connectivity index (χ3v) is 3.22. The maximum atomic E-state index is 12.0. The lowest BCUT2D eigenvalue weighted by Crippen LogP contribution is -3.14. The quantitative estimate of drug-likeness (QED) is 0.618. The highest BCUT2D eigenvalue weighted by atomic mass is 16.2. The number of anilines is 1. The average Bonchev–Trinajstić information content (AvgIpc) is 2.49. The van der Waals surface area contributed by atoms with E-state index in [9.17, 15) is 9.59 Å². The zero-order valence-electron chi connectivity index (χ0n) is 13.1. The van der Waals surface area contributed by atoms with Gasteiger partial charge in [0.15, 0.2) is 13.1 Å². The number of likely N-dealkylation sites (N-methyl/N-ethyl adjacent to an activating group) is 2. The zero-order valence-corrected chi connectivity index (χ0v) is 13.1. The van der Waals surface area contributed by atoms with Crippen LogP contribution in [0.4, 0.5) is 5.69 Å². The van der Waals surface area contributed by atoms with Crippen molar-refractivity contribution in [3.63, 3.8) is 0 Å². The van der Waals surface area contributed by atoms with Crippen LogP contribution in [-0.4, -0.2) is 38.0 Å². The Morgan fingerprint density at radius 1 is 1.14 bits per heavy atom. The Balaban J connectivity index is 2.49. The summed E-state index contributed by atoms with van der Waals surface area (Å²) in [5.74, 6) is -0.179. The molecule has 1 rings (SSSR count). The molecule has 22 heavy (non-hydrogen) atoms. The fraction of sp³-hybridized carbons (Fsp3) is 0.438. The molecule has 6 nitrogen and oxygen atoms in total. The molecule has 1 aromatic carbocycles. The Kier molecular flexibility index (Phi) is 7.65. The SMILES string of the molecule is CCNC(=O)C[NH+](CC)CC(=O)Nc1ccc(CC#N)cc1. The van der Waals surface area contributed by atoms with Crippen LogP contribution in [0.3, 0.4) is 0 Å². The highest BCUT2D eigenvalue weighted by molar-refractivity contribution is 5.91. The number of quaternary nitrogens is 1. The van der Waals surface area contributed by atoms with Crippen molar-refractivity contribution >= 4 is 17.5 Å². The van der Waals surface area contributed by atoms with Gasteiger partial charge in [-0.1, -0.05) is 12.1 Å². The first-order valence-corrected chi connectivity index (χ1v) is 7.45. The van der Waals surface area contributed by atoms with Crippen molar-refractivity contribution in [2.24, 2.45) is 0 Å². The number of amides is 2. The van der Waals surface area contributed by atoms with Crippen molar-refractivity contribution < 1.29 is 14.5 Å². The average molecular weight is 303 g/mol. The zero-order chi connectivity index (χ0) is 16.4. The van der Waals surface area contributed by atoms with Gasteiger partial charge in [0.2, 0.25) is 0 Å². The van der Waals surface area contributed by atoms with E-state index in [1.54, 1.807) is 12.1 Å². The van der Waals surface area contributed by atoms with Gasteiger partial charge in [-0.3, -0.25) is 9.59 Å². The van der Waals surface area contributed by atoms with Crippen LogP contribution in [0.2, 0.25) is 0 Å². The highest BCUT2D eigenvalue weighted by Crippen LogP contribution is 2.09. The maximum Gasteiger partial charge on any atom is 0.279 e. The largest absolute Gasteiger partial charge is 0.351 e. The van der Waals surface area contributed by atoms with Crippen LogP contribution >= 0.6 is 0 Å². The molecule has 0 bridgehead atoms. The predicted molar refractivity (Wildman–Crippen MR) is 84.3 cm³/mol. The third-order valence-electron chi connectivity index (χ3n) is 3.22. The van der Waals surface area contributed by atoms with Gasteiger partial charge in [0.25, 0.3) is 11.8 Å².